The van der Waals surface area contributed by atoms with E-state index in [4.69, 9.17) is 0 Å². The molecule has 150 valence electrons. The number of carbonyl (C=O) groups is 1. The highest BCUT2D eigenvalue weighted by Crippen LogP contribution is 2.24. The van der Waals surface area contributed by atoms with Gasteiger partial charge in [-0.25, -0.2) is 9.97 Å². The first-order chi connectivity index (χ1) is 13.9. The zero-order valence-corrected chi connectivity index (χ0v) is 17.4. The van der Waals surface area contributed by atoms with Crippen molar-refractivity contribution < 1.29 is 4.79 Å². The van der Waals surface area contributed by atoms with Crippen molar-refractivity contribution in [3.63, 3.8) is 0 Å². The van der Waals surface area contributed by atoms with Crippen molar-refractivity contribution in [1.29, 1.82) is 0 Å². The molecule has 1 aromatic carbocycles. The number of benzene rings is 1. The molecule has 0 unspecified atom stereocenters. The number of hydrogen-bond acceptors (Lipinski definition) is 5. The molecule has 1 N–H and O–H groups in total. The molecule has 0 saturated heterocycles. The third kappa shape index (κ3) is 5.38. The van der Waals surface area contributed by atoms with Gasteiger partial charge in [-0.3, -0.25) is 9.78 Å². The third-order valence-corrected chi connectivity index (χ3v) is 4.73. The molecule has 0 radical (unpaired) electrons. The summed E-state index contributed by atoms with van der Waals surface area (Å²) in [4.78, 5) is 27.9. The maximum atomic E-state index is 12.9. The predicted octanol–water partition coefficient (Wildman–Crippen LogP) is 4.23. The first-order valence-electron chi connectivity index (χ1n) is 9.80. The van der Waals surface area contributed by atoms with Crippen LogP contribution in [0.3, 0.4) is 0 Å². The van der Waals surface area contributed by atoms with Gasteiger partial charge < -0.3 is 10.2 Å². The van der Waals surface area contributed by atoms with Crippen LogP contribution in [0.2, 0.25) is 0 Å². The maximum absolute atomic E-state index is 12.9. The Labute approximate surface area is 172 Å². The van der Waals surface area contributed by atoms with Crippen molar-refractivity contribution >= 4 is 17.5 Å². The molecule has 0 atom stereocenters. The van der Waals surface area contributed by atoms with Crippen LogP contribution in [0.1, 0.15) is 47.1 Å². The Balaban J connectivity index is 1.75. The molecule has 29 heavy (non-hydrogen) atoms. The topological polar surface area (TPSA) is 71.0 Å². The van der Waals surface area contributed by atoms with Crippen LogP contribution < -0.4 is 10.2 Å². The summed E-state index contributed by atoms with van der Waals surface area (Å²) in [7, 11) is 1.94. The van der Waals surface area contributed by atoms with Crippen LogP contribution in [0, 0.1) is 6.92 Å². The number of anilines is 2. The van der Waals surface area contributed by atoms with E-state index >= 15 is 0 Å². The lowest BCUT2D eigenvalue weighted by atomic mass is 10.0. The van der Waals surface area contributed by atoms with Crippen LogP contribution in [0.15, 0.2) is 54.9 Å². The Morgan fingerprint density at radius 1 is 1.10 bits per heavy atom. The van der Waals surface area contributed by atoms with Crippen LogP contribution in [-0.4, -0.2) is 34.5 Å². The van der Waals surface area contributed by atoms with Gasteiger partial charge in [-0.05, 0) is 54.7 Å². The third-order valence-electron chi connectivity index (χ3n) is 4.73. The van der Waals surface area contributed by atoms with Gasteiger partial charge in [0.2, 0.25) is 5.95 Å². The number of nitrogens with one attached hydrogen (secondary N) is 1. The highest BCUT2D eigenvalue weighted by Gasteiger charge is 2.15. The van der Waals surface area contributed by atoms with Crippen molar-refractivity contribution in [2.24, 2.45) is 0 Å². The van der Waals surface area contributed by atoms with Gasteiger partial charge in [0.15, 0.2) is 0 Å². The lowest BCUT2D eigenvalue weighted by Gasteiger charge is -2.18. The van der Waals surface area contributed by atoms with E-state index in [0.29, 0.717) is 17.6 Å². The number of pyridine rings is 1. The summed E-state index contributed by atoms with van der Waals surface area (Å²) in [6, 6.07) is 13.6. The fourth-order valence-corrected chi connectivity index (χ4v) is 3.09. The second kappa shape index (κ2) is 9.28. The molecule has 0 fully saturated rings. The van der Waals surface area contributed by atoms with E-state index in [2.05, 4.69) is 34.1 Å². The molecule has 3 aromatic rings. The van der Waals surface area contributed by atoms with Crippen molar-refractivity contribution in [2.75, 3.05) is 23.8 Å². The van der Waals surface area contributed by atoms with E-state index in [9.17, 15) is 4.79 Å². The van der Waals surface area contributed by atoms with Crippen molar-refractivity contribution in [1.82, 2.24) is 15.0 Å². The number of likely N-dealkylation sites (N-methyl/N-ethyl adjacent to an activating group) is 1. The summed E-state index contributed by atoms with van der Waals surface area (Å²) in [5.41, 5.74) is 4.23. The molecular formula is C23H27N5O. The molecule has 0 spiro atoms. The van der Waals surface area contributed by atoms with Crippen LogP contribution in [0.4, 0.5) is 11.6 Å². The molecule has 2 aromatic heterocycles. The van der Waals surface area contributed by atoms with E-state index in [0.717, 1.165) is 29.9 Å². The summed E-state index contributed by atoms with van der Waals surface area (Å²) in [6.45, 7) is 6.83. The Kier molecular flexibility index (Phi) is 6.54. The fourth-order valence-electron chi connectivity index (χ4n) is 3.09. The summed E-state index contributed by atoms with van der Waals surface area (Å²) in [5.74, 6) is 0.627. The molecule has 0 aliphatic heterocycles. The van der Waals surface area contributed by atoms with Crippen molar-refractivity contribution in [2.45, 2.75) is 33.1 Å². The lowest BCUT2D eigenvalue weighted by molar-refractivity contribution is 0.102. The van der Waals surface area contributed by atoms with E-state index < -0.39 is 0 Å². The van der Waals surface area contributed by atoms with Crippen molar-refractivity contribution in [3.8, 4) is 0 Å². The highest BCUT2D eigenvalue weighted by atomic mass is 16.1. The van der Waals surface area contributed by atoms with E-state index in [1.807, 2.05) is 55.3 Å². The first-order valence-corrected chi connectivity index (χ1v) is 9.80. The summed E-state index contributed by atoms with van der Waals surface area (Å²) in [6.07, 6.45) is 4.42. The normalized spacial score (nSPS) is 10.8. The van der Waals surface area contributed by atoms with Gasteiger partial charge in [-0.1, -0.05) is 32.0 Å². The van der Waals surface area contributed by atoms with Gasteiger partial charge in [0.25, 0.3) is 5.91 Å². The Morgan fingerprint density at radius 3 is 2.55 bits per heavy atom. The Hall–Kier alpha value is -3.28. The number of rotatable bonds is 7. The SMILES string of the molecule is Cc1cc(C(=O)Nc2ccccc2C(C)C)nc(N(C)CCc2ccncc2)n1. The minimum atomic E-state index is -0.229. The monoisotopic (exact) mass is 389 g/mol. The van der Waals surface area contributed by atoms with E-state index in [-0.39, 0.29) is 5.91 Å². The maximum Gasteiger partial charge on any atom is 0.274 e. The standard InChI is InChI=1S/C23H27N5O/c1-16(2)19-7-5-6-8-20(19)26-22(29)21-15-17(3)25-23(27-21)28(4)14-11-18-9-12-24-13-10-18/h5-10,12-13,15-16H,11,14H2,1-4H3,(H,26,29). The molecule has 0 aliphatic rings. The number of nitrogens with zero attached hydrogens (tertiary/aromatic N) is 4. The number of hydrogen-bond donors (Lipinski definition) is 1. The predicted molar refractivity (Wildman–Crippen MR) is 116 cm³/mol. The van der Waals surface area contributed by atoms with E-state index in [1.165, 1.54) is 5.56 Å². The van der Waals surface area contributed by atoms with Gasteiger partial charge in [-0.2, -0.15) is 0 Å². The number of para-hydroxylation sites is 1. The molecule has 0 aliphatic carbocycles. The summed E-state index contributed by atoms with van der Waals surface area (Å²) in [5, 5.41) is 3.00. The molecule has 1 amide bonds. The van der Waals surface area contributed by atoms with Gasteiger partial charge in [0.1, 0.15) is 5.69 Å². The molecule has 6 nitrogen and oxygen atoms in total. The van der Waals surface area contributed by atoms with Gasteiger partial charge in [0.05, 0.1) is 0 Å². The molecule has 3 rings (SSSR count). The molecule has 0 saturated carbocycles. The second-order valence-corrected chi connectivity index (χ2v) is 7.42. The number of aromatic nitrogens is 3. The second-order valence-electron chi connectivity index (χ2n) is 7.42. The molecule has 6 heteroatoms. The minimum absolute atomic E-state index is 0.229. The van der Waals surface area contributed by atoms with E-state index in [1.54, 1.807) is 18.5 Å². The summed E-state index contributed by atoms with van der Waals surface area (Å²) < 4.78 is 0. The smallest absolute Gasteiger partial charge is 0.274 e. The first kappa shape index (κ1) is 20.5. The molecular weight excluding hydrogens is 362 g/mol. The van der Waals surface area contributed by atoms with Gasteiger partial charge in [-0.15, -0.1) is 0 Å². The zero-order valence-electron chi connectivity index (χ0n) is 17.4. The largest absolute Gasteiger partial charge is 0.344 e. The average Bonchev–Trinajstić information content (AvgIpc) is 2.72. The van der Waals surface area contributed by atoms with Crippen LogP contribution in [-0.2, 0) is 6.42 Å². The van der Waals surface area contributed by atoms with Gasteiger partial charge >= 0.3 is 0 Å². The molecule has 2 heterocycles. The fraction of sp³-hybridized carbons (Fsp3) is 0.304. The number of carbonyl (C=O) groups excluding carboxylic acids is 1. The minimum Gasteiger partial charge on any atom is -0.344 e. The quantitative estimate of drug-likeness (QED) is 0.655. The summed E-state index contributed by atoms with van der Waals surface area (Å²) >= 11 is 0. The van der Waals surface area contributed by atoms with Crippen LogP contribution >= 0.6 is 0 Å². The Bertz CT molecular complexity index is 972. The average molecular weight is 390 g/mol. The molecule has 0 bridgehead atoms. The lowest BCUT2D eigenvalue weighted by Crippen LogP contribution is -2.25. The van der Waals surface area contributed by atoms with Gasteiger partial charge in [0, 0.05) is 37.4 Å². The number of aryl methyl sites for hydroxylation is 1. The zero-order chi connectivity index (χ0) is 20.8. The van der Waals surface area contributed by atoms with Crippen LogP contribution in [0.5, 0.6) is 0 Å². The Morgan fingerprint density at radius 2 is 1.83 bits per heavy atom. The number of amides is 1. The van der Waals surface area contributed by atoms with Crippen LogP contribution in [0.25, 0.3) is 0 Å². The van der Waals surface area contributed by atoms with Crippen molar-refractivity contribution in [3.05, 3.63) is 77.4 Å². The highest BCUT2D eigenvalue weighted by molar-refractivity contribution is 6.03.